The van der Waals surface area contributed by atoms with E-state index in [9.17, 15) is 9.18 Å². The summed E-state index contributed by atoms with van der Waals surface area (Å²) in [4.78, 5) is 10.7. The number of carboxylic acids is 1. The molecule has 0 atom stereocenters. The molecule has 0 saturated carbocycles. The highest BCUT2D eigenvalue weighted by atomic mass is 19.1. The fraction of sp³-hybridized carbons (Fsp3) is 0.250. The minimum absolute atomic E-state index is 0.0814. The van der Waals surface area contributed by atoms with Crippen LogP contribution in [0.15, 0.2) is 24.3 Å². The van der Waals surface area contributed by atoms with Crippen LogP contribution in [0.25, 0.3) is 10.9 Å². The van der Waals surface area contributed by atoms with Crippen molar-refractivity contribution < 1.29 is 14.3 Å². The Labute approximate surface area is 92.1 Å². The molecule has 4 heteroatoms. The molecule has 2 aromatic rings. The molecule has 0 radical (unpaired) electrons. The number of carbonyl (C=O) groups is 1. The molecular weight excluding hydrogens is 209 g/mol. The molecule has 84 valence electrons. The molecule has 1 aromatic carbocycles. The first kappa shape index (κ1) is 10.7. The van der Waals surface area contributed by atoms with Crippen LogP contribution in [0.3, 0.4) is 0 Å². The number of nitrogens with zero attached hydrogens (tertiary/aromatic N) is 1. The molecule has 1 N–H and O–H groups in total. The molecule has 0 aliphatic carbocycles. The first-order chi connectivity index (χ1) is 7.63. The van der Waals surface area contributed by atoms with Crippen molar-refractivity contribution in [2.75, 3.05) is 0 Å². The summed E-state index contributed by atoms with van der Waals surface area (Å²) in [5.74, 6) is -1.21. The standard InChI is InChI=1S/C12H12FNO2/c1-2-14-8(7-12(15)16)6-9-10(13)4-3-5-11(9)14/h3-6H,2,7H2,1H3,(H,15,16). The molecule has 3 nitrogen and oxygen atoms in total. The van der Waals surface area contributed by atoms with E-state index >= 15 is 0 Å². The Morgan fingerprint density at radius 1 is 1.50 bits per heavy atom. The molecule has 0 aliphatic heterocycles. The molecular formula is C12H12FNO2. The maximum Gasteiger partial charge on any atom is 0.309 e. The zero-order valence-electron chi connectivity index (χ0n) is 8.90. The Balaban J connectivity index is 2.66. The van der Waals surface area contributed by atoms with Gasteiger partial charge in [-0.05, 0) is 25.1 Å². The molecule has 0 unspecified atom stereocenters. The first-order valence-corrected chi connectivity index (χ1v) is 5.12. The molecule has 0 aliphatic rings. The fourth-order valence-corrected chi connectivity index (χ4v) is 1.98. The van der Waals surface area contributed by atoms with Crippen molar-refractivity contribution in [3.05, 3.63) is 35.8 Å². The summed E-state index contributed by atoms with van der Waals surface area (Å²) in [6.45, 7) is 2.55. The Hall–Kier alpha value is -1.84. The maximum atomic E-state index is 13.5. The van der Waals surface area contributed by atoms with Gasteiger partial charge in [0.05, 0.1) is 11.9 Å². The van der Waals surface area contributed by atoms with Gasteiger partial charge in [0.2, 0.25) is 0 Å². The quantitative estimate of drug-likeness (QED) is 0.864. The van der Waals surface area contributed by atoms with Gasteiger partial charge in [-0.15, -0.1) is 0 Å². The van der Waals surface area contributed by atoms with Gasteiger partial charge in [-0.25, -0.2) is 4.39 Å². The SMILES string of the molecule is CCn1c(CC(=O)O)cc2c(F)cccc21. The number of hydrogen-bond acceptors (Lipinski definition) is 1. The van der Waals surface area contributed by atoms with Gasteiger partial charge in [0, 0.05) is 17.6 Å². The minimum Gasteiger partial charge on any atom is -0.481 e. The topological polar surface area (TPSA) is 42.2 Å². The number of fused-ring (bicyclic) bond motifs is 1. The highest BCUT2D eigenvalue weighted by molar-refractivity contribution is 5.83. The second-order valence-electron chi connectivity index (χ2n) is 3.62. The number of aromatic nitrogens is 1. The minimum atomic E-state index is -0.905. The van der Waals surface area contributed by atoms with Crippen molar-refractivity contribution in [1.82, 2.24) is 4.57 Å². The van der Waals surface area contributed by atoms with Crippen LogP contribution in [0.1, 0.15) is 12.6 Å². The molecule has 1 heterocycles. The van der Waals surface area contributed by atoms with Gasteiger partial charge in [0.1, 0.15) is 5.82 Å². The monoisotopic (exact) mass is 221 g/mol. The smallest absolute Gasteiger partial charge is 0.309 e. The second kappa shape index (κ2) is 3.96. The number of halogens is 1. The number of carboxylic acid groups (broad SMARTS) is 1. The van der Waals surface area contributed by atoms with E-state index in [-0.39, 0.29) is 12.2 Å². The maximum absolute atomic E-state index is 13.5. The van der Waals surface area contributed by atoms with Gasteiger partial charge in [0.25, 0.3) is 0 Å². The average molecular weight is 221 g/mol. The van der Waals surface area contributed by atoms with E-state index in [0.717, 1.165) is 5.52 Å². The van der Waals surface area contributed by atoms with Crippen LogP contribution in [0, 0.1) is 5.82 Å². The number of aliphatic carboxylic acids is 1. The molecule has 0 fully saturated rings. The highest BCUT2D eigenvalue weighted by Crippen LogP contribution is 2.23. The zero-order valence-corrected chi connectivity index (χ0v) is 8.90. The first-order valence-electron chi connectivity index (χ1n) is 5.12. The van der Waals surface area contributed by atoms with Crippen molar-refractivity contribution in [3.63, 3.8) is 0 Å². The third kappa shape index (κ3) is 1.66. The average Bonchev–Trinajstić information content (AvgIpc) is 2.56. The lowest BCUT2D eigenvalue weighted by Crippen LogP contribution is -2.06. The van der Waals surface area contributed by atoms with Crippen LogP contribution in [0.4, 0.5) is 4.39 Å². The van der Waals surface area contributed by atoms with E-state index in [1.54, 1.807) is 18.2 Å². The highest BCUT2D eigenvalue weighted by Gasteiger charge is 2.12. The lowest BCUT2D eigenvalue weighted by atomic mass is 10.2. The lowest BCUT2D eigenvalue weighted by molar-refractivity contribution is -0.136. The Morgan fingerprint density at radius 2 is 2.25 bits per heavy atom. The van der Waals surface area contributed by atoms with Gasteiger partial charge in [-0.2, -0.15) is 0 Å². The summed E-state index contributed by atoms with van der Waals surface area (Å²) in [6, 6.07) is 6.43. The van der Waals surface area contributed by atoms with Crippen molar-refractivity contribution in [3.8, 4) is 0 Å². The fourth-order valence-electron chi connectivity index (χ4n) is 1.98. The molecule has 1 aromatic heterocycles. The van der Waals surface area contributed by atoms with E-state index in [1.165, 1.54) is 6.07 Å². The third-order valence-electron chi connectivity index (χ3n) is 2.63. The molecule has 2 rings (SSSR count). The van der Waals surface area contributed by atoms with Crippen molar-refractivity contribution >= 4 is 16.9 Å². The molecule has 0 amide bonds. The Bertz CT molecular complexity index is 545. The summed E-state index contributed by atoms with van der Waals surface area (Å²) in [5.41, 5.74) is 1.38. The summed E-state index contributed by atoms with van der Waals surface area (Å²) in [6.07, 6.45) is -0.0814. The van der Waals surface area contributed by atoms with E-state index in [2.05, 4.69) is 0 Å². The molecule has 0 saturated heterocycles. The van der Waals surface area contributed by atoms with Crippen molar-refractivity contribution in [1.29, 1.82) is 0 Å². The van der Waals surface area contributed by atoms with E-state index in [0.29, 0.717) is 17.6 Å². The second-order valence-corrected chi connectivity index (χ2v) is 3.62. The van der Waals surface area contributed by atoms with Gasteiger partial charge >= 0.3 is 5.97 Å². The summed E-state index contributed by atoms with van der Waals surface area (Å²) in [5, 5.41) is 9.26. The van der Waals surface area contributed by atoms with Crippen LogP contribution in [0.5, 0.6) is 0 Å². The predicted octanol–water partition coefficient (Wildman–Crippen LogP) is 2.43. The largest absolute Gasteiger partial charge is 0.481 e. The van der Waals surface area contributed by atoms with Gasteiger partial charge in [-0.3, -0.25) is 4.79 Å². The van der Waals surface area contributed by atoms with Crippen molar-refractivity contribution in [2.45, 2.75) is 19.9 Å². The number of hydrogen-bond donors (Lipinski definition) is 1. The van der Waals surface area contributed by atoms with Gasteiger partial charge in [-0.1, -0.05) is 6.07 Å². The van der Waals surface area contributed by atoms with Crippen LogP contribution in [-0.4, -0.2) is 15.6 Å². The number of benzene rings is 1. The molecule has 16 heavy (non-hydrogen) atoms. The van der Waals surface area contributed by atoms with E-state index in [4.69, 9.17) is 5.11 Å². The van der Waals surface area contributed by atoms with Crippen molar-refractivity contribution in [2.24, 2.45) is 0 Å². The third-order valence-corrected chi connectivity index (χ3v) is 2.63. The number of rotatable bonds is 3. The summed E-state index contributed by atoms with van der Waals surface area (Å²) in [7, 11) is 0. The van der Waals surface area contributed by atoms with Crippen LogP contribution < -0.4 is 0 Å². The van der Waals surface area contributed by atoms with Gasteiger partial charge in [0.15, 0.2) is 0 Å². The van der Waals surface area contributed by atoms with E-state index in [1.807, 2.05) is 11.5 Å². The molecule has 0 bridgehead atoms. The van der Waals surface area contributed by atoms with E-state index < -0.39 is 5.97 Å². The zero-order chi connectivity index (χ0) is 11.7. The van der Waals surface area contributed by atoms with Crippen LogP contribution >= 0.6 is 0 Å². The van der Waals surface area contributed by atoms with Crippen LogP contribution in [0.2, 0.25) is 0 Å². The van der Waals surface area contributed by atoms with Crippen LogP contribution in [-0.2, 0) is 17.8 Å². The Kier molecular flexibility index (Phi) is 2.64. The number of aryl methyl sites for hydroxylation is 1. The summed E-state index contributed by atoms with van der Waals surface area (Å²) < 4.78 is 15.3. The van der Waals surface area contributed by atoms with Gasteiger partial charge < -0.3 is 9.67 Å². The lowest BCUT2D eigenvalue weighted by Gasteiger charge is -2.05. The Morgan fingerprint density at radius 3 is 2.88 bits per heavy atom. The normalized spacial score (nSPS) is 10.9. The summed E-state index contributed by atoms with van der Waals surface area (Å²) >= 11 is 0. The molecule has 0 spiro atoms. The predicted molar refractivity (Wildman–Crippen MR) is 58.9 cm³/mol.